The highest BCUT2D eigenvalue weighted by Gasteiger charge is 2.43. The summed E-state index contributed by atoms with van der Waals surface area (Å²) in [7, 11) is -4.76. The van der Waals surface area contributed by atoms with Crippen molar-refractivity contribution in [3.05, 3.63) is 33.5 Å². The third-order valence-electron chi connectivity index (χ3n) is 6.05. The molecule has 8 N–H and O–H groups in total. The molecule has 0 aromatic carbocycles. The quantitative estimate of drug-likeness (QED) is 0.159. The van der Waals surface area contributed by atoms with Gasteiger partial charge in [-0.1, -0.05) is 7.43 Å². The lowest BCUT2D eigenvalue weighted by atomic mass is 10.2. The fourth-order valence-corrected chi connectivity index (χ4v) is 5.22. The Kier molecular flexibility index (Phi) is 8.14. The Labute approximate surface area is 219 Å². The number of rotatable bonds is 8. The first-order valence-electron chi connectivity index (χ1n) is 11.2. The summed E-state index contributed by atoms with van der Waals surface area (Å²) in [5.74, 6) is -0.369. The van der Waals surface area contributed by atoms with Crippen molar-refractivity contribution in [3.8, 4) is 0 Å². The molecule has 3 aromatic heterocycles. The number of hydrogen-bond donors (Lipinski definition) is 6. The second-order valence-electron chi connectivity index (χ2n) is 8.57. The van der Waals surface area contributed by atoms with E-state index in [0.717, 1.165) is 10.9 Å². The normalized spacial score (nSPS) is 28.4. The zero-order chi connectivity index (χ0) is 27.2. The van der Waals surface area contributed by atoms with E-state index in [1.165, 1.54) is 10.9 Å². The van der Waals surface area contributed by atoms with Crippen molar-refractivity contribution >= 4 is 30.9 Å². The number of nitrogens with one attached hydrogen (secondary N) is 1. The number of aliphatic hydroxyl groups is 2. The molecule has 2 aliphatic heterocycles. The zero-order valence-corrected chi connectivity index (χ0v) is 20.3. The number of ether oxygens (including phenoxy) is 2. The van der Waals surface area contributed by atoms with Crippen molar-refractivity contribution in [3.63, 3.8) is 0 Å². The van der Waals surface area contributed by atoms with Gasteiger partial charge in [-0.2, -0.15) is 9.97 Å². The van der Waals surface area contributed by atoms with Gasteiger partial charge in [0.05, 0.1) is 25.6 Å². The van der Waals surface area contributed by atoms with Gasteiger partial charge in [-0.15, -0.1) is 0 Å². The number of aliphatic hydroxyl groups excluding tert-OH is 2. The van der Waals surface area contributed by atoms with Crippen LogP contribution in [0.2, 0.25) is 0 Å². The van der Waals surface area contributed by atoms with E-state index < -0.39 is 69.2 Å². The van der Waals surface area contributed by atoms with Crippen LogP contribution in [0.1, 0.15) is 32.7 Å². The van der Waals surface area contributed by atoms with Gasteiger partial charge in [0.15, 0.2) is 11.2 Å². The molecule has 19 nitrogen and oxygen atoms in total. The third-order valence-corrected chi connectivity index (χ3v) is 7.06. The Morgan fingerprint density at radius 3 is 2.51 bits per heavy atom. The molecule has 3 aromatic rings. The van der Waals surface area contributed by atoms with E-state index in [1.807, 2.05) is 0 Å². The van der Waals surface area contributed by atoms with Crippen LogP contribution in [0.4, 0.5) is 11.9 Å². The predicted molar refractivity (Wildman–Crippen MR) is 131 cm³/mol. The second kappa shape index (κ2) is 11.1. The van der Waals surface area contributed by atoms with E-state index in [1.54, 1.807) is 0 Å². The molecule has 20 heteroatoms. The van der Waals surface area contributed by atoms with Gasteiger partial charge in [0.2, 0.25) is 11.9 Å². The number of hydrogen-bond acceptors (Lipinski definition) is 15. The summed E-state index contributed by atoms with van der Waals surface area (Å²) in [6.45, 7) is -1.13. The van der Waals surface area contributed by atoms with Crippen LogP contribution < -0.4 is 22.7 Å². The first-order valence-corrected chi connectivity index (χ1v) is 12.7. The fourth-order valence-electron chi connectivity index (χ4n) is 4.26. The molecular weight excluding hydrogens is 545 g/mol. The molecule has 0 amide bonds. The topological polar surface area (TPSA) is 278 Å². The first kappa shape index (κ1) is 28.7. The number of nitrogens with zero attached hydrogens (tertiary/aromatic N) is 6. The number of fused-ring (bicyclic) bond motifs is 1. The highest BCUT2D eigenvalue weighted by atomic mass is 31.2. The van der Waals surface area contributed by atoms with Crippen LogP contribution in [-0.2, 0) is 23.1 Å². The summed E-state index contributed by atoms with van der Waals surface area (Å²) < 4.78 is 36.6. The smallest absolute Gasteiger partial charge is 0.394 e. The maximum Gasteiger partial charge on any atom is 0.472 e. The molecule has 39 heavy (non-hydrogen) atoms. The number of phosphoric acid groups is 1. The molecule has 5 heterocycles. The highest BCUT2D eigenvalue weighted by molar-refractivity contribution is 7.47. The molecule has 0 bridgehead atoms. The number of anilines is 2. The molecule has 2 aliphatic rings. The van der Waals surface area contributed by atoms with Crippen molar-refractivity contribution in [2.45, 2.75) is 57.1 Å². The maximum absolute atomic E-state index is 12.7. The van der Waals surface area contributed by atoms with Crippen LogP contribution in [0.15, 0.2) is 22.2 Å². The Morgan fingerprint density at radius 1 is 1.10 bits per heavy atom. The van der Waals surface area contributed by atoms with Gasteiger partial charge < -0.3 is 36.0 Å². The highest BCUT2D eigenvalue weighted by Crippen LogP contribution is 2.49. The minimum absolute atomic E-state index is 0. The lowest BCUT2D eigenvalue weighted by Crippen LogP contribution is -2.29. The molecule has 0 saturated carbocycles. The molecule has 214 valence electrons. The number of nitrogen functional groups attached to an aromatic ring is 2. The Morgan fingerprint density at radius 2 is 1.79 bits per heavy atom. The summed E-state index contributed by atoms with van der Waals surface area (Å²) in [4.78, 5) is 51.9. The van der Waals surface area contributed by atoms with Crippen LogP contribution in [-0.4, -0.2) is 86.8 Å². The summed E-state index contributed by atoms with van der Waals surface area (Å²) >= 11 is 0. The van der Waals surface area contributed by atoms with Crippen LogP contribution in [0, 0.1) is 0 Å². The third kappa shape index (κ3) is 5.85. The van der Waals surface area contributed by atoms with E-state index in [4.69, 9.17) is 30.0 Å². The van der Waals surface area contributed by atoms with E-state index in [-0.39, 0.29) is 43.3 Å². The average molecular weight is 573 g/mol. The van der Waals surface area contributed by atoms with Crippen molar-refractivity contribution in [1.82, 2.24) is 34.1 Å². The van der Waals surface area contributed by atoms with Gasteiger partial charge in [-0.25, -0.2) is 19.3 Å². The van der Waals surface area contributed by atoms with E-state index >= 15 is 0 Å². The van der Waals surface area contributed by atoms with Crippen molar-refractivity contribution in [1.29, 1.82) is 0 Å². The first-order chi connectivity index (χ1) is 18.0. The van der Waals surface area contributed by atoms with Crippen LogP contribution >= 0.6 is 7.82 Å². The molecule has 2 fully saturated rings. The molecular formula is C19H28N9O10P. The average Bonchev–Trinajstić information content (AvgIpc) is 3.54. The SMILES string of the molecule is C.Nc1ncn([C@H]2CC(OP(=O)(O)OC[C@H]3O[C@@H](n4cnc5c(=O)[nH]c(N)nc54)CC3O)[C@@H](CO)O2)c(=O)n1. The summed E-state index contributed by atoms with van der Waals surface area (Å²) in [5, 5.41) is 20.1. The Hall–Kier alpha value is -3.29. The molecule has 0 spiro atoms. The lowest BCUT2D eigenvalue weighted by Gasteiger charge is -2.21. The number of aromatic nitrogens is 7. The number of aromatic amines is 1. The Balaban J connectivity index is 0.00000353. The monoisotopic (exact) mass is 573 g/mol. The van der Waals surface area contributed by atoms with Gasteiger partial charge in [0.25, 0.3) is 5.56 Å². The molecule has 5 rings (SSSR count). The van der Waals surface area contributed by atoms with Gasteiger partial charge in [0.1, 0.15) is 37.1 Å². The maximum atomic E-state index is 12.7. The van der Waals surface area contributed by atoms with Gasteiger partial charge in [-0.3, -0.25) is 28.0 Å². The van der Waals surface area contributed by atoms with Gasteiger partial charge in [0, 0.05) is 12.8 Å². The van der Waals surface area contributed by atoms with Crippen LogP contribution in [0.5, 0.6) is 0 Å². The number of imidazole rings is 1. The van der Waals surface area contributed by atoms with Crippen LogP contribution in [0.3, 0.4) is 0 Å². The standard InChI is InChI=1S/C18H24N9O10P.CH4/c19-16-22-6-27(18(31)25-16)12-2-8(9(3-28)35-12)37-38(32,33)34-4-10-7(29)1-11(36-10)26-5-21-13-14(26)23-17(20)24-15(13)30;/h5-12,28-29H,1-4H2,(H,32,33)(H2,19,25,31)(H3,20,23,24,30);1H4/t7?,8?,9-,10-,11-,12-;/m1./s1. The lowest BCUT2D eigenvalue weighted by molar-refractivity contribution is -0.0565. The molecule has 2 saturated heterocycles. The van der Waals surface area contributed by atoms with Crippen molar-refractivity contribution < 1.29 is 38.2 Å². The van der Waals surface area contributed by atoms with E-state index in [0.29, 0.717) is 0 Å². The van der Waals surface area contributed by atoms with E-state index in [9.17, 15) is 29.3 Å². The number of H-pyrrole nitrogens is 1. The summed E-state index contributed by atoms with van der Waals surface area (Å²) in [5.41, 5.74) is 9.82. The van der Waals surface area contributed by atoms with Gasteiger partial charge in [-0.05, 0) is 0 Å². The molecule has 3 unspecified atom stereocenters. The zero-order valence-electron chi connectivity index (χ0n) is 19.4. The predicted octanol–water partition coefficient (Wildman–Crippen LogP) is -2.00. The molecule has 7 atom stereocenters. The summed E-state index contributed by atoms with van der Waals surface area (Å²) in [6.07, 6.45) is -3.86. The minimum atomic E-state index is -4.76. The second-order valence-corrected chi connectivity index (χ2v) is 9.97. The van der Waals surface area contributed by atoms with Crippen molar-refractivity contribution in [2.75, 3.05) is 24.7 Å². The summed E-state index contributed by atoms with van der Waals surface area (Å²) in [6, 6.07) is 0. The fraction of sp³-hybridized carbons (Fsp3) is 0.579. The largest absolute Gasteiger partial charge is 0.472 e. The molecule has 0 radical (unpaired) electrons. The number of nitrogens with two attached hydrogens (primary N) is 2. The van der Waals surface area contributed by atoms with Crippen LogP contribution in [0.25, 0.3) is 11.2 Å². The number of phosphoric ester groups is 1. The minimum Gasteiger partial charge on any atom is -0.394 e. The van der Waals surface area contributed by atoms with Gasteiger partial charge >= 0.3 is 13.5 Å². The van der Waals surface area contributed by atoms with Crippen molar-refractivity contribution in [2.24, 2.45) is 0 Å². The molecule has 0 aliphatic carbocycles. The van der Waals surface area contributed by atoms with E-state index in [2.05, 4.69) is 24.9 Å². The Bertz CT molecular complexity index is 1490.